The van der Waals surface area contributed by atoms with Crippen LogP contribution in [-0.2, 0) is 31.8 Å². The van der Waals surface area contributed by atoms with E-state index in [1.807, 2.05) is 25.1 Å². The molecule has 0 bridgehead atoms. The number of fused-ring (bicyclic) bond motifs is 1. The van der Waals surface area contributed by atoms with Gasteiger partial charge in [-0.3, -0.25) is 0 Å². The van der Waals surface area contributed by atoms with Gasteiger partial charge in [-0.05, 0) is 74.1 Å². The first-order valence-electron chi connectivity index (χ1n) is 12.3. The van der Waals surface area contributed by atoms with Crippen LogP contribution in [0.3, 0.4) is 0 Å². The molecular formula is C27H36ClNO7. The molecule has 0 heterocycles. The van der Waals surface area contributed by atoms with Gasteiger partial charge < -0.3 is 34.1 Å². The van der Waals surface area contributed by atoms with Crippen molar-refractivity contribution >= 4 is 17.6 Å². The number of rotatable bonds is 14. The van der Waals surface area contributed by atoms with Gasteiger partial charge in [0.1, 0.15) is 18.1 Å². The molecule has 0 aromatic heterocycles. The molecule has 2 unspecified atom stereocenters. The molecule has 3 rings (SSSR count). The van der Waals surface area contributed by atoms with E-state index in [0.717, 1.165) is 24.8 Å². The second-order valence-electron chi connectivity index (χ2n) is 8.60. The summed E-state index contributed by atoms with van der Waals surface area (Å²) in [5.74, 6) is 0.812. The van der Waals surface area contributed by atoms with E-state index in [1.165, 1.54) is 11.1 Å². The molecule has 8 nitrogen and oxygen atoms in total. The number of methoxy groups -OCH3 is 1. The molecule has 0 spiro atoms. The van der Waals surface area contributed by atoms with Crippen molar-refractivity contribution < 1.29 is 33.6 Å². The number of nitrogens with one attached hydrogen (secondary N) is 1. The third kappa shape index (κ3) is 8.64. The van der Waals surface area contributed by atoms with Crippen molar-refractivity contribution in [3.63, 3.8) is 0 Å². The summed E-state index contributed by atoms with van der Waals surface area (Å²) in [6.45, 7) is 4.93. The Morgan fingerprint density at radius 2 is 2.00 bits per heavy atom. The fourth-order valence-corrected chi connectivity index (χ4v) is 4.26. The molecule has 36 heavy (non-hydrogen) atoms. The first-order valence-corrected chi connectivity index (χ1v) is 12.7. The molecule has 0 saturated carbocycles. The van der Waals surface area contributed by atoms with E-state index in [4.69, 9.17) is 35.3 Å². The molecule has 0 fully saturated rings. The highest BCUT2D eigenvalue weighted by Crippen LogP contribution is 2.29. The minimum Gasteiger partial charge on any atom is -0.490 e. The summed E-state index contributed by atoms with van der Waals surface area (Å²) in [4.78, 5) is 11.5. The smallest absolute Gasteiger partial charge is 0.344 e. The van der Waals surface area contributed by atoms with Crippen molar-refractivity contribution in [1.82, 2.24) is 5.32 Å². The lowest BCUT2D eigenvalue weighted by molar-refractivity contribution is -0.145. The molecular weight excluding hydrogens is 486 g/mol. The highest BCUT2D eigenvalue weighted by Gasteiger charge is 2.21. The lowest BCUT2D eigenvalue weighted by Gasteiger charge is -2.27. The summed E-state index contributed by atoms with van der Waals surface area (Å²) in [5.41, 5.74) is 3.18. The van der Waals surface area contributed by atoms with Gasteiger partial charge in [0.15, 0.2) is 12.9 Å². The van der Waals surface area contributed by atoms with E-state index in [1.54, 1.807) is 26.2 Å². The van der Waals surface area contributed by atoms with Crippen LogP contribution >= 0.6 is 11.6 Å². The minimum absolute atomic E-state index is 0.103. The number of carbonyl (C=O) groups is 1. The van der Waals surface area contributed by atoms with E-state index in [9.17, 15) is 9.90 Å². The van der Waals surface area contributed by atoms with Crippen LogP contribution in [0.4, 0.5) is 0 Å². The predicted molar refractivity (Wildman–Crippen MR) is 137 cm³/mol. The van der Waals surface area contributed by atoms with Gasteiger partial charge in [-0.1, -0.05) is 23.7 Å². The van der Waals surface area contributed by atoms with E-state index >= 15 is 0 Å². The number of esters is 1. The Balaban J connectivity index is 1.47. The van der Waals surface area contributed by atoms with Crippen LogP contribution < -0.4 is 14.8 Å². The second-order valence-corrected chi connectivity index (χ2v) is 9.01. The summed E-state index contributed by atoms with van der Waals surface area (Å²) < 4.78 is 26.6. The largest absolute Gasteiger partial charge is 0.490 e. The number of ether oxygens (including phenoxy) is 5. The van der Waals surface area contributed by atoms with Crippen molar-refractivity contribution in [2.45, 2.75) is 51.5 Å². The summed E-state index contributed by atoms with van der Waals surface area (Å²) >= 11 is 6.36. The van der Waals surface area contributed by atoms with Crippen LogP contribution in [0.25, 0.3) is 0 Å². The first kappa shape index (κ1) is 28.2. The maximum Gasteiger partial charge on any atom is 0.344 e. The number of aliphatic hydroxyl groups is 1. The maximum atomic E-state index is 11.5. The van der Waals surface area contributed by atoms with Crippen LogP contribution in [0.15, 0.2) is 36.4 Å². The molecule has 0 aliphatic heterocycles. The normalized spacial score (nSPS) is 16.6. The highest BCUT2D eigenvalue weighted by atomic mass is 35.5. The summed E-state index contributed by atoms with van der Waals surface area (Å²) in [5, 5.41) is 14.6. The van der Waals surface area contributed by atoms with Crippen LogP contribution in [0.2, 0.25) is 5.02 Å². The van der Waals surface area contributed by atoms with Gasteiger partial charge in [0.2, 0.25) is 0 Å². The zero-order valence-electron chi connectivity index (χ0n) is 21.1. The average Bonchev–Trinajstić information content (AvgIpc) is 2.88. The first-order chi connectivity index (χ1) is 17.4. The number of hydrogen-bond donors (Lipinski definition) is 2. The van der Waals surface area contributed by atoms with Gasteiger partial charge in [-0.15, -0.1) is 0 Å². The molecule has 1 aliphatic carbocycles. The number of hydrogen-bond acceptors (Lipinski definition) is 8. The van der Waals surface area contributed by atoms with Gasteiger partial charge in [0.05, 0.1) is 24.3 Å². The van der Waals surface area contributed by atoms with E-state index < -0.39 is 6.10 Å². The number of aryl methyl sites for hydroxylation is 1. The Labute approximate surface area is 217 Å². The number of carbonyl (C=O) groups excluding carboxylic acids is 1. The molecule has 2 aromatic carbocycles. The standard InChI is InChI=1S/C27H36ClNO7/c1-4-33-27(31)17-36-23-9-6-19-5-8-22(13-21(19)14-23)29-16-25(30)20-7-10-26(24(28)15-20)35-12-11-34-18(2)32-3/h6-7,9-10,14-15,18,22,25,29-30H,4-5,8,11-13,16-17H2,1-3H3/t18?,22-,25?/m0/s1. The zero-order chi connectivity index (χ0) is 25.9. The van der Waals surface area contributed by atoms with E-state index in [0.29, 0.717) is 42.9 Å². The SMILES string of the molecule is CCOC(=O)COc1ccc2c(c1)C[C@@H](NCC(O)c1ccc(OCCOC(C)OC)c(Cl)c1)CC2. The van der Waals surface area contributed by atoms with Crippen molar-refractivity contribution in [3.8, 4) is 11.5 Å². The lowest BCUT2D eigenvalue weighted by atomic mass is 9.88. The fourth-order valence-electron chi connectivity index (χ4n) is 4.01. The van der Waals surface area contributed by atoms with Crippen molar-refractivity contribution in [1.29, 1.82) is 0 Å². The molecule has 0 saturated heterocycles. The number of benzene rings is 2. The lowest BCUT2D eigenvalue weighted by Crippen LogP contribution is -2.37. The molecule has 9 heteroatoms. The van der Waals surface area contributed by atoms with Crippen molar-refractivity contribution in [3.05, 3.63) is 58.1 Å². The number of halogens is 1. The minimum atomic E-state index is -0.705. The summed E-state index contributed by atoms with van der Waals surface area (Å²) in [6, 6.07) is 11.4. The molecule has 2 aromatic rings. The van der Waals surface area contributed by atoms with Gasteiger partial charge in [-0.2, -0.15) is 0 Å². The highest BCUT2D eigenvalue weighted by molar-refractivity contribution is 6.32. The Hall–Kier alpha value is -2.36. The zero-order valence-corrected chi connectivity index (χ0v) is 21.9. The molecule has 0 radical (unpaired) electrons. The van der Waals surface area contributed by atoms with Gasteiger partial charge in [-0.25, -0.2) is 4.79 Å². The van der Waals surface area contributed by atoms with Crippen LogP contribution in [0.5, 0.6) is 11.5 Å². The maximum absolute atomic E-state index is 11.5. The van der Waals surface area contributed by atoms with Crippen molar-refractivity contribution in [2.24, 2.45) is 0 Å². The quantitative estimate of drug-likeness (QED) is 0.220. The molecule has 3 atom stereocenters. The van der Waals surface area contributed by atoms with Crippen LogP contribution in [-0.4, -0.2) is 63.5 Å². The van der Waals surface area contributed by atoms with E-state index in [-0.39, 0.29) is 24.9 Å². The average molecular weight is 522 g/mol. The summed E-state index contributed by atoms with van der Waals surface area (Å²) in [6.07, 6.45) is 1.73. The molecule has 2 N–H and O–H groups in total. The van der Waals surface area contributed by atoms with Gasteiger partial charge in [0, 0.05) is 19.7 Å². The Morgan fingerprint density at radius 1 is 1.17 bits per heavy atom. The summed E-state index contributed by atoms with van der Waals surface area (Å²) in [7, 11) is 1.58. The third-order valence-corrected chi connectivity index (χ3v) is 6.33. The Bertz CT molecular complexity index is 987. The van der Waals surface area contributed by atoms with Gasteiger partial charge in [0.25, 0.3) is 0 Å². The molecule has 0 amide bonds. The monoisotopic (exact) mass is 521 g/mol. The van der Waals surface area contributed by atoms with Crippen LogP contribution in [0.1, 0.15) is 43.1 Å². The second kappa shape index (κ2) is 14.4. The van der Waals surface area contributed by atoms with Crippen LogP contribution in [0, 0.1) is 0 Å². The van der Waals surface area contributed by atoms with E-state index in [2.05, 4.69) is 11.4 Å². The molecule has 198 valence electrons. The Morgan fingerprint density at radius 3 is 2.75 bits per heavy atom. The van der Waals surface area contributed by atoms with Crippen molar-refractivity contribution in [2.75, 3.05) is 40.1 Å². The topological polar surface area (TPSA) is 95.5 Å². The predicted octanol–water partition coefficient (Wildman–Crippen LogP) is 3.85. The molecule has 1 aliphatic rings. The third-order valence-electron chi connectivity index (χ3n) is 6.03. The number of aliphatic hydroxyl groups excluding tert-OH is 1. The fraction of sp³-hybridized carbons (Fsp3) is 0.519. The Kier molecular flexibility index (Phi) is 11.3. The van der Waals surface area contributed by atoms with Gasteiger partial charge >= 0.3 is 5.97 Å².